The van der Waals surface area contributed by atoms with E-state index in [1.165, 1.54) is 0 Å². The van der Waals surface area contributed by atoms with Crippen molar-refractivity contribution in [1.29, 1.82) is 0 Å². The summed E-state index contributed by atoms with van der Waals surface area (Å²) in [6.07, 6.45) is 0. The summed E-state index contributed by atoms with van der Waals surface area (Å²) in [6, 6.07) is 11.7. The largest absolute Gasteiger partial charge is 0.419 e. The highest BCUT2D eigenvalue weighted by molar-refractivity contribution is 7.98. The molecule has 4 nitrogen and oxygen atoms in total. The van der Waals surface area contributed by atoms with Crippen molar-refractivity contribution in [2.75, 3.05) is 5.73 Å². The van der Waals surface area contributed by atoms with E-state index in [2.05, 4.69) is 10.2 Å². The van der Waals surface area contributed by atoms with E-state index in [1.54, 1.807) is 23.1 Å². The van der Waals surface area contributed by atoms with Crippen LogP contribution in [0, 0.1) is 0 Å². The molecule has 0 amide bonds. The van der Waals surface area contributed by atoms with Gasteiger partial charge in [0.05, 0.1) is 10.6 Å². The Labute approximate surface area is 118 Å². The molecule has 0 bridgehead atoms. The fourth-order valence-electron chi connectivity index (χ4n) is 1.56. The van der Waals surface area contributed by atoms with E-state index in [0.29, 0.717) is 17.5 Å². The van der Waals surface area contributed by atoms with E-state index < -0.39 is 0 Å². The maximum Gasteiger partial charge on any atom is 0.257 e. The van der Waals surface area contributed by atoms with Crippen LogP contribution >= 0.6 is 23.1 Å². The van der Waals surface area contributed by atoms with Gasteiger partial charge in [-0.05, 0) is 23.6 Å². The molecule has 3 aromatic rings. The summed E-state index contributed by atoms with van der Waals surface area (Å²) >= 11 is 3.18. The number of hydrogen-bond acceptors (Lipinski definition) is 6. The van der Waals surface area contributed by atoms with Gasteiger partial charge in [0, 0.05) is 10.6 Å². The number of rotatable bonds is 4. The van der Waals surface area contributed by atoms with Crippen LogP contribution in [-0.4, -0.2) is 10.2 Å². The van der Waals surface area contributed by atoms with Gasteiger partial charge in [-0.25, -0.2) is 0 Å². The van der Waals surface area contributed by atoms with E-state index in [9.17, 15) is 0 Å². The summed E-state index contributed by atoms with van der Waals surface area (Å²) < 4.78 is 5.62. The summed E-state index contributed by atoms with van der Waals surface area (Å²) in [5, 5.41) is 10.1. The first-order valence-corrected chi connectivity index (χ1v) is 7.53. The highest BCUT2D eigenvalue weighted by Gasteiger charge is 2.10. The number of nitrogens with two attached hydrogens (primary N) is 1. The van der Waals surface area contributed by atoms with Crippen LogP contribution in [0.25, 0.3) is 10.8 Å². The van der Waals surface area contributed by atoms with Gasteiger partial charge in [0.2, 0.25) is 5.89 Å². The predicted molar refractivity (Wildman–Crippen MR) is 78.0 cm³/mol. The highest BCUT2D eigenvalue weighted by atomic mass is 32.2. The average molecular weight is 289 g/mol. The molecule has 0 saturated carbocycles. The Kier molecular flexibility index (Phi) is 3.52. The lowest BCUT2D eigenvalue weighted by Gasteiger charge is -2.01. The van der Waals surface area contributed by atoms with Crippen LogP contribution < -0.4 is 5.73 Å². The quantitative estimate of drug-likeness (QED) is 0.586. The molecule has 6 heteroatoms. The van der Waals surface area contributed by atoms with E-state index >= 15 is 0 Å². The van der Waals surface area contributed by atoms with Gasteiger partial charge in [-0.15, -0.1) is 33.3 Å². The van der Waals surface area contributed by atoms with Crippen LogP contribution in [0.15, 0.2) is 51.1 Å². The van der Waals surface area contributed by atoms with Gasteiger partial charge in [-0.2, -0.15) is 0 Å². The van der Waals surface area contributed by atoms with Crippen molar-refractivity contribution in [2.45, 2.75) is 10.6 Å². The van der Waals surface area contributed by atoms with Gasteiger partial charge in [-0.1, -0.05) is 18.2 Å². The molecule has 0 fully saturated rings. The second-order valence-corrected chi connectivity index (χ2v) is 5.77. The molecule has 3 rings (SSSR count). The zero-order valence-corrected chi connectivity index (χ0v) is 11.6. The van der Waals surface area contributed by atoms with Gasteiger partial charge < -0.3 is 10.2 Å². The first kappa shape index (κ1) is 12.3. The number of anilines is 1. The Hall–Kier alpha value is -1.79. The summed E-state index contributed by atoms with van der Waals surface area (Å²) in [6.45, 7) is 0. The molecule has 2 aromatic heterocycles. The number of para-hydroxylation sites is 1. The lowest BCUT2D eigenvalue weighted by atomic mass is 10.3. The SMILES string of the molecule is Nc1ccccc1SCc1nnc(-c2cccs2)o1. The van der Waals surface area contributed by atoms with Crippen LogP contribution in [0.2, 0.25) is 0 Å². The Morgan fingerprint density at radius 3 is 2.84 bits per heavy atom. The molecule has 0 aliphatic carbocycles. The summed E-state index contributed by atoms with van der Waals surface area (Å²) in [7, 11) is 0. The smallest absolute Gasteiger partial charge is 0.257 e. The van der Waals surface area contributed by atoms with Gasteiger partial charge >= 0.3 is 0 Å². The third kappa shape index (κ3) is 2.80. The maximum atomic E-state index is 5.88. The molecular formula is C13H11N3OS2. The Morgan fingerprint density at radius 1 is 1.16 bits per heavy atom. The minimum absolute atomic E-state index is 0.576. The molecule has 19 heavy (non-hydrogen) atoms. The molecule has 0 radical (unpaired) electrons. The number of benzene rings is 1. The number of aromatic nitrogens is 2. The van der Waals surface area contributed by atoms with Crippen molar-refractivity contribution in [3.8, 4) is 10.8 Å². The lowest BCUT2D eigenvalue weighted by molar-refractivity contribution is 0.529. The Morgan fingerprint density at radius 2 is 2.05 bits per heavy atom. The fourth-order valence-corrected chi connectivity index (χ4v) is 3.01. The van der Waals surface area contributed by atoms with Crippen LogP contribution in [0.1, 0.15) is 5.89 Å². The number of nitrogens with zero attached hydrogens (tertiary/aromatic N) is 2. The number of nitrogen functional groups attached to an aromatic ring is 1. The Bertz CT molecular complexity index is 664. The zero-order chi connectivity index (χ0) is 13.1. The second kappa shape index (κ2) is 5.46. The number of hydrogen-bond donors (Lipinski definition) is 1. The third-order valence-electron chi connectivity index (χ3n) is 2.47. The van der Waals surface area contributed by atoms with E-state index in [4.69, 9.17) is 10.2 Å². The van der Waals surface area contributed by atoms with Crippen molar-refractivity contribution in [3.05, 3.63) is 47.7 Å². The summed E-state index contributed by atoms with van der Waals surface area (Å²) in [5.74, 6) is 1.80. The topological polar surface area (TPSA) is 64.9 Å². The van der Waals surface area contributed by atoms with E-state index in [-0.39, 0.29) is 0 Å². The number of thioether (sulfide) groups is 1. The molecule has 0 atom stereocenters. The molecule has 2 heterocycles. The minimum Gasteiger partial charge on any atom is -0.419 e. The molecule has 0 aliphatic heterocycles. The second-order valence-electron chi connectivity index (χ2n) is 3.80. The van der Waals surface area contributed by atoms with Crippen LogP contribution in [0.5, 0.6) is 0 Å². The molecular weight excluding hydrogens is 278 g/mol. The molecule has 96 valence electrons. The first-order valence-electron chi connectivity index (χ1n) is 5.66. The van der Waals surface area contributed by atoms with Crippen molar-refractivity contribution in [1.82, 2.24) is 10.2 Å². The first-order chi connectivity index (χ1) is 9.33. The predicted octanol–water partition coefficient (Wildman–Crippen LogP) is 3.67. The highest BCUT2D eigenvalue weighted by Crippen LogP contribution is 2.29. The van der Waals surface area contributed by atoms with Gasteiger partial charge in [0.1, 0.15) is 0 Å². The lowest BCUT2D eigenvalue weighted by Crippen LogP contribution is -1.88. The summed E-state index contributed by atoms with van der Waals surface area (Å²) in [5.41, 5.74) is 6.65. The number of thiophene rings is 1. The third-order valence-corrected chi connectivity index (χ3v) is 4.40. The summed E-state index contributed by atoms with van der Waals surface area (Å²) in [4.78, 5) is 2.02. The van der Waals surface area contributed by atoms with Crippen LogP contribution in [-0.2, 0) is 5.75 Å². The molecule has 0 saturated heterocycles. The molecule has 0 aliphatic rings. The normalized spacial score (nSPS) is 10.7. The van der Waals surface area contributed by atoms with E-state index in [1.807, 2.05) is 41.8 Å². The van der Waals surface area contributed by atoms with E-state index in [0.717, 1.165) is 15.5 Å². The van der Waals surface area contributed by atoms with Crippen molar-refractivity contribution in [2.24, 2.45) is 0 Å². The van der Waals surface area contributed by atoms with Crippen molar-refractivity contribution < 1.29 is 4.42 Å². The van der Waals surface area contributed by atoms with Gasteiger partial charge in [0.25, 0.3) is 5.89 Å². The Balaban J connectivity index is 1.70. The zero-order valence-electron chi connectivity index (χ0n) is 9.95. The fraction of sp³-hybridized carbons (Fsp3) is 0.0769. The molecule has 0 unspecified atom stereocenters. The van der Waals surface area contributed by atoms with Gasteiger partial charge in [-0.3, -0.25) is 0 Å². The van der Waals surface area contributed by atoms with Gasteiger partial charge in [0.15, 0.2) is 0 Å². The average Bonchev–Trinajstić information content (AvgIpc) is 3.09. The monoisotopic (exact) mass is 289 g/mol. The minimum atomic E-state index is 0.576. The molecule has 1 aromatic carbocycles. The standard InChI is InChI=1S/C13H11N3OS2/c14-9-4-1-2-5-10(9)19-8-12-15-16-13(17-12)11-6-3-7-18-11/h1-7H,8,14H2. The van der Waals surface area contributed by atoms with Crippen molar-refractivity contribution in [3.63, 3.8) is 0 Å². The van der Waals surface area contributed by atoms with Crippen molar-refractivity contribution >= 4 is 28.8 Å². The molecule has 0 spiro atoms. The maximum absolute atomic E-state index is 5.88. The van der Waals surface area contributed by atoms with Crippen LogP contribution in [0.4, 0.5) is 5.69 Å². The van der Waals surface area contributed by atoms with Crippen LogP contribution in [0.3, 0.4) is 0 Å². The molecule has 2 N–H and O–H groups in total.